The van der Waals surface area contributed by atoms with Gasteiger partial charge in [-0.25, -0.2) is 4.79 Å². The van der Waals surface area contributed by atoms with Gasteiger partial charge in [0.05, 0.1) is 17.2 Å². The molecule has 0 heterocycles. The highest BCUT2D eigenvalue weighted by Crippen LogP contribution is 2.33. The maximum Gasteiger partial charge on any atom is 0.340 e. The van der Waals surface area contributed by atoms with E-state index < -0.39 is 11.9 Å². The van der Waals surface area contributed by atoms with Crippen LogP contribution in [0.5, 0.6) is 0 Å². The Labute approximate surface area is 152 Å². The molecule has 1 aliphatic rings. The molecule has 3 rings (SSSR count). The summed E-state index contributed by atoms with van der Waals surface area (Å²) in [5.41, 5.74) is 3.16. The van der Waals surface area contributed by atoms with Crippen LogP contribution in [0.1, 0.15) is 38.8 Å². The second-order valence-corrected chi connectivity index (χ2v) is 6.71. The number of hydrogen-bond donors (Lipinski definition) is 0. The normalized spacial score (nSPS) is 15.5. The lowest BCUT2D eigenvalue weighted by atomic mass is 10.0. The molecule has 0 fully saturated rings. The van der Waals surface area contributed by atoms with E-state index in [9.17, 15) is 14.4 Å². The summed E-state index contributed by atoms with van der Waals surface area (Å²) in [6.07, 6.45) is 0.393. The molecule has 134 valence electrons. The van der Waals surface area contributed by atoms with Crippen LogP contribution in [0, 0.1) is 5.92 Å². The molecule has 0 radical (unpaired) electrons. The predicted molar refractivity (Wildman–Crippen MR) is 98.5 cm³/mol. The molecule has 0 aliphatic heterocycles. The van der Waals surface area contributed by atoms with E-state index in [1.54, 1.807) is 6.07 Å². The van der Waals surface area contributed by atoms with Crippen LogP contribution < -0.4 is 4.90 Å². The van der Waals surface area contributed by atoms with Gasteiger partial charge in [0.2, 0.25) is 0 Å². The molecular formula is C21H21NO4. The highest BCUT2D eigenvalue weighted by atomic mass is 16.5. The second-order valence-electron chi connectivity index (χ2n) is 6.71. The van der Waals surface area contributed by atoms with Gasteiger partial charge in [0, 0.05) is 19.7 Å². The van der Waals surface area contributed by atoms with Crippen LogP contribution in [0.25, 0.3) is 0 Å². The van der Waals surface area contributed by atoms with Crippen molar-refractivity contribution in [3.63, 3.8) is 0 Å². The molecule has 0 bridgehead atoms. The molecule has 1 aliphatic carbocycles. The van der Waals surface area contributed by atoms with E-state index in [4.69, 9.17) is 4.74 Å². The summed E-state index contributed by atoms with van der Waals surface area (Å²) < 4.78 is 5.43. The number of nitrogens with zero attached hydrogens (tertiary/aromatic N) is 1. The molecule has 0 spiro atoms. The van der Waals surface area contributed by atoms with Crippen molar-refractivity contribution < 1.29 is 19.1 Å². The van der Waals surface area contributed by atoms with E-state index in [2.05, 4.69) is 0 Å². The monoisotopic (exact) mass is 351 g/mol. The molecule has 0 aromatic heterocycles. The third kappa shape index (κ3) is 3.38. The molecule has 0 N–H and O–H groups in total. The number of carbonyl (C=O) groups is 3. The van der Waals surface area contributed by atoms with Crippen molar-refractivity contribution in [3.05, 3.63) is 64.7 Å². The maximum atomic E-state index is 12.6. The van der Waals surface area contributed by atoms with Gasteiger partial charge >= 0.3 is 5.97 Å². The number of carbonyl (C=O) groups excluding carboxylic acids is 3. The zero-order valence-corrected chi connectivity index (χ0v) is 15.1. The molecule has 1 atom stereocenters. The van der Waals surface area contributed by atoms with Gasteiger partial charge in [-0.1, -0.05) is 30.3 Å². The lowest BCUT2D eigenvalue weighted by Crippen LogP contribution is -2.18. The second kappa shape index (κ2) is 7.12. The number of benzene rings is 2. The fourth-order valence-corrected chi connectivity index (χ4v) is 3.19. The minimum absolute atomic E-state index is 0.147. The number of esters is 1. The SMILES string of the molecule is CC(=O)C1Cc2cc(N(C)C)c(C(=O)OCc3ccccc3)cc2C1=O. The molecule has 1 unspecified atom stereocenters. The van der Waals surface area contributed by atoms with Gasteiger partial charge in [-0.2, -0.15) is 0 Å². The first kappa shape index (κ1) is 17.9. The van der Waals surface area contributed by atoms with Gasteiger partial charge < -0.3 is 9.64 Å². The summed E-state index contributed by atoms with van der Waals surface area (Å²) in [5, 5.41) is 0. The first-order valence-electron chi connectivity index (χ1n) is 8.48. The topological polar surface area (TPSA) is 63.7 Å². The van der Waals surface area contributed by atoms with E-state index in [1.165, 1.54) is 6.92 Å². The van der Waals surface area contributed by atoms with Crippen LogP contribution in [-0.2, 0) is 22.6 Å². The molecule has 26 heavy (non-hydrogen) atoms. The molecule has 0 amide bonds. The summed E-state index contributed by atoms with van der Waals surface area (Å²) in [4.78, 5) is 38.6. The smallest absolute Gasteiger partial charge is 0.340 e. The molecule has 0 saturated heterocycles. The summed E-state index contributed by atoms with van der Waals surface area (Å²) in [6.45, 7) is 1.59. The Morgan fingerprint density at radius 1 is 1.15 bits per heavy atom. The van der Waals surface area contributed by atoms with Crippen molar-refractivity contribution in [1.29, 1.82) is 0 Å². The van der Waals surface area contributed by atoms with Crippen molar-refractivity contribution in [3.8, 4) is 0 Å². The van der Waals surface area contributed by atoms with Crippen LogP contribution in [0.2, 0.25) is 0 Å². The Morgan fingerprint density at radius 3 is 2.46 bits per heavy atom. The lowest BCUT2D eigenvalue weighted by molar-refractivity contribution is -0.119. The minimum atomic E-state index is -0.643. The van der Waals surface area contributed by atoms with E-state index in [-0.39, 0.29) is 18.2 Å². The number of fused-ring (bicyclic) bond motifs is 1. The molecule has 0 saturated carbocycles. The van der Waals surface area contributed by atoms with Crippen molar-refractivity contribution in [1.82, 2.24) is 0 Å². The molecule has 5 nitrogen and oxygen atoms in total. The number of ketones is 2. The van der Waals surface area contributed by atoms with Gasteiger partial charge in [0.1, 0.15) is 12.4 Å². The number of anilines is 1. The summed E-state index contributed by atoms with van der Waals surface area (Å²) in [5.74, 6) is -1.49. The molecule has 2 aromatic rings. The first-order valence-corrected chi connectivity index (χ1v) is 8.48. The zero-order chi connectivity index (χ0) is 18.8. The lowest BCUT2D eigenvalue weighted by Gasteiger charge is -2.18. The van der Waals surface area contributed by atoms with E-state index >= 15 is 0 Å². The van der Waals surface area contributed by atoms with Crippen LogP contribution in [0.3, 0.4) is 0 Å². The third-order valence-corrected chi connectivity index (χ3v) is 4.63. The van der Waals surface area contributed by atoms with Crippen LogP contribution in [0.4, 0.5) is 5.69 Å². The first-order chi connectivity index (χ1) is 12.4. The van der Waals surface area contributed by atoms with E-state index in [0.717, 1.165) is 11.1 Å². The van der Waals surface area contributed by atoms with E-state index in [1.807, 2.05) is 55.4 Å². The quantitative estimate of drug-likeness (QED) is 0.612. The minimum Gasteiger partial charge on any atom is -0.457 e. The van der Waals surface area contributed by atoms with Crippen molar-refractivity contribution in [2.45, 2.75) is 20.0 Å². The van der Waals surface area contributed by atoms with Gasteiger partial charge in [0.15, 0.2) is 5.78 Å². The predicted octanol–water partition coefficient (Wildman–Crippen LogP) is 3.05. The standard InChI is InChI=1S/C21H21NO4/c1-13(23)16-9-15-10-19(22(2)3)18(11-17(15)20(16)24)21(25)26-12-14-7-5-4-6-8-14/h4-8,10-11,16H,9,12H2,1-3H3. The number of Topliss-reactive ketones (excluding diaryl/α,β-unsaturated/α-hetero) is 2. The Morgan fingerprint density at radius 2 is 1.85 bits per heavy atom. The zero-order valence-electron chi connectivity index (χ0n) is 15.1. The summed E-state index contributed by atoms with van der Waals surface area (Å²) in [7, 11) is 3.66. The Bertz CT molecular complexity index is 871. The Hall–Kier alpha value is -2.95. The molecular weight excluding hydrogens is 330 g/mol. The van der Waals surface area contributed by atoms with Crippen LogP contribution in [-0.4, -0.2) is 31.6 Å². The van der Waals surface area contributed by atoms with Gasteiger partial charge in [-0.05, 0) is 36.6 Å². The Balaban J connectivity index is 1.90. The molecule has 5 heteroatoms. The van der Waals surface area contributed by atoms with E-state index in [0.29, 0.717) is 23.2 Å². The maximum absolute atomic E-state index is 12.6. The highest BCUT2D eigenvalue weighted by Gasteiger charge is 2.35. The number of rotatable bonds is 5. The van der Waals surface area contributed by atoms with Crippen LogP contribution in [0.15, 0.2) is 42.5 Å². The van der Waals surface area contributed by atoms with Crippen molar-refractivity contribution in [2.24, 2.45) is 5.92 Å². The fourth-order valence-electron chi connectivity index (χ4n) is 3.19. The van der Waals surface area contributed by atoms with Crippen molar-refractivity contribution >= 4 is 23.2 Å². The fraction of sp³-hybridized carbons (Fsp3) is 0.286. The average molecular weight is 351 g/mol. The van der Waals surface area contributed by atoms with Gasteiger partial charge in [-0.3, -0.25) is 9.59 Å². The Kier molecular flexibility index (Phi) is 4.89. The number of hydrogen-bond acceptors (Lipinski definition) is 5. The average Bonchev–Trinajstić information content (AvgIpc) is 2.96. The summed E-state index contributed by atoms with van der Waals surface area (Å²) in [6, 6.07) is 12.8. The third-order valence-electron chi connectivity index (χ3n) is 4.63. The highest BCUT2D eigenvalue weighted by molar-refractivity contribution is 6.15. The van der Waals surface area contributed by atoms with Crippen molar-refractivity contribution in [2.75, 3.05) is 19.0 Å². The van der Waals surface area contributed by atoms with Gasteiger partial charge in [0.25, 0.3) is 0 Å². The largest absolute Gasteiger partial charge is 0.457 e. The number of ether oxygens (including phenoxy) is 1. The summed E-state index contributed by atoms with van der Waals surface area (Å²) >= 11 is 0. The van der Waals surface area contributed by atoms with Crippen LogP contribution >= 0.6 is 0 Å². The van der Waals surface area contributed by atoms with Gasteiger partial charge in [-0.15, -0.1) is 0 Å². The molecule has 2 aromatic carbocycles.